The minimum Gasteiger partial charge on any atom is -0.462 e. The van der Waals surface area contributed by atoms with E-state index in [2.05, 4.69) is 191 Å². The Morgan fingerprint density at radius 3 is 0.840 bits per heavy atom. The molecule has 0 saturated heterocycles. The molecule has 6 nitrogen and oxygen atoms in total. The molecule has 0 aromatic heterocycles. The van der Waals surface area contributed by atoms with Crippen LogP contribution in [-0.4, -0.2) is 37.2 Å². The molecule has 0 aromatic carbocycles. The molecule has 0 rings (SSSR count). The van der Waals surface area contributed by atoms with Crippen molar-refractivity contribution in [1.29, 1.82) is 0 Å². The summed E-state index contributed by atoms with van der Waals surface area (Å²) >= 11 is 0. The molecule has 0 aliphatic rings. The normalized spacial score (nSPS) is 13.2. The average molecular weight is 1030 g/mol. The van der Waals surface area contributed by atoms with Gasteiger partial charge in [0.25, 0.3) is 0 Å². The van der Waals surface area contributed by atoms with Crippen LogP contribution in [0.5, 0.6) is 0 Å². The number of hydrogen-bond acceptors (Lipinski definition) is 6. The van der Waals surface area contributed by atoms with Crippen LogP contribution in [0.3, 0.4) is 0 Å². The Labute approximate surface area is 458 Å². The van der Waals surface area contributed by atoms with Gasteiger partial charge in [-0.1, -0.05) is 234 Å². The molecule has 0 atom stereocenters. The van der Waals surface area contributed by atoms with E-state index in [0.29, 0.717) is 19.3 Å². The zero-order valence-corrected chi connectivity index (χ0v) is 47.2. The second-order valence-corrected chi connectivity index (χ2v) is 18.1. The molecule has 0 radical (unpaired) electrons. The summed E-state index contributed by atoms with van der Waals surface area (Å²) in [7, 11) is 0. The van der Waals surface area contributed by atoms with Crippen molar-refractivity contribution in [3.63, 3.8) is 0 Å². The van der Waals surface area contributed by atoms with Gasteiger partial charge in [-0.2, -0.15) is 0 Å². The summed E-state index contributed by atoms with van der Waals surface area (Å²) in [6.45, 7) is 6.20. The van der Waals surface area contributed by atoms with E-state index in [-0.39, 0.29) is 38.4 Å². The van der Waals surface area contributed by atoms with Crippen molar-refractivity contribution in [2.24, 2.45) is 0 Å². The van der Waals surface area contributed by atoms with E-state index in [9.17, 15) is 14.4 Å². The first-order valence-electron chi connectivity index (χ1n) is 28.9. The van der Waals surface area contributed by atoms with Gasteiger partial charge in [-0.05, 0) is 141 Å². The molecule has 75 heavy (non-hydrogen) atoms. The third-order valence-electron chi connectivity index (χ3n) is 11.1. The highest BCUT2D eigenvalue weighted by molar-refractivity contribution is 5.71. The molecule has 0 amide bonds. The standard InChI is InChI=1S/C69H102O6/c1-4-7-10-13-16-19-22-25-28-31-34-37-40-43-46-49-52-55-58-61-67(70)73-64-66(75-69(72)63-60-57-54-51-48-45-42-39-36-33-30-27-24-21-18-15-12-9-6-3)65-74-68(71)62-59-56-53-50-47-44-41-38-35-32-29-26-23-20-17-14-11-8-5-2/h7-8,10-11,16-21,25-30,34-39,43-48,52-53,55-56,66H,4-6,9,12-15,22-24,31-33,40-42,49-51,54,57-65H2,1-3H3/b10-7-,11-8-,19-16-,20-17-,21-18-,28-25-,29-26-,30-27-,37-34-,38-35-,39-36-,46-43-,47-44-,48-45-,55-52-,56-53-. The minimum atomic E-state index is -0.870. The van der Waals surface area contributed by atoms with Crippen LogP contribution in [-0.2, 0) is 28.6 Å². The van der Waals surface area contributed by atoms with Crippen molar-refractivity contribution < 1.29 is 28.6 Å². The fourth-order valence-electron chi connectivity index (χ4n) is 6.83. The molecule has 0 aliphatic carbocycles. The smallest absolute Gasteiger partial charge is 0.306 e. The topological polar surface area (TPSA) is 78.9 Å². The summed E-state index contributed by atoms with van der Waals surface area (Å²) in [5.41, 5.74) is 0. The predicted octanol–water partition coefficient (Wildman–Crippen LogP) is 19.9. The van der Waals surface area contributed by atoms with Crippen LogP contribution < -0.4 is 0 Å². The minimum absolute atomic E-state index is 0.166. The summed E-state index contributed by atoms with van der Waals surface area (Å²) in [6.07, 6.45) is 93.0. The van der Waals surface area contributed by atoms with Crippen LogP contribution >= 0.6 is 0 Å². The highest BCUT2D eigenvalue weighted by Crippen LogP contribution is 2.10. The van der Waals surface area contributed by atoms with Crippen molar-refractivity contribution >= 4 is 17.9 Å². The molecular weight excluding hydrogens is 925 g/mol. The molecule has 0 spiro atoms. The Morgan fingerprint density at radius 2 is 0.547 bits per heavy atom. The molecule has 414 valence electrons. The number of unbranched alkanes of at least 4 members (excludes halogenated alkanes) is 6. The number of carbonyl (C=O) groups is 3. The van der Waals surface area contributed by atoms with Gasteiger partial charge >= 0.3 is 17.9 Å². The molecule has 0 unspecified atom stereocenters. The predicted molar refractivity (Wildman–Crippen MR) is 324 cm³/mol. The Bertz CT molecular complexity index is 1750. The van der Waals surface area contributed by atoms with Gasteiger partial charge in [-0.15, -0.1) is 0 Å². The lowest BCUT2D eigenvalue weighted by Gasteiger charge is -2.18. The van der Waals surface area contributed by atoms with Gasteiger partial charge in [0.2, 0.25) is 0 Å². The second kappa shape index (κ2) is 60.8. The quantitative estimate of drug-likeness (QED) is 0.0261. The van der Waals surface area contributed by atoms with Gasteiger partial charge in [0, 0.05) is 19.3 Å². The lowest BCUT2D eigenvalue weighted by molar-refractivity contribution is -0.166. The highest BCUT2D eigenvalue weighted by atomic mass is 16.6. The SMILES string of the molecule is CC/C=C\C/C=C\C/C=C\C/C=C\C/C=C\C/C=C\CCC(=O)OCC(COC(=O)CC/C=C\C/C=C\C/C=C\C/C=C\C/C=C\C/C=C\CC)OC(=O)CCCCC/C=C\C/C=C\C/C=C\C/C=C\CCCCC. The van der Waals surface area contributed by atoms with Crippen LogP contribution in [0.4, 0.5) is 0 Å². The van der Waals surface area contributed by atoms with Gasteiger partial charge in [0.15, 0.2) is 6.10 Å². The first-order valence-corrected chi connectivity index (χ1v) is 28.9. The largest absolute Gasteiger partial charge is 0.462 e. The summed E-state index contributed by atoms with van der Waals surface area (Å²) < 4.78 is 16.7. The molecule has 0 aliphatic heterocycles. The van der Waals surface area contributed by atoms with Gasteiger partial charge in [0.1, 0.15) is 13.2 Å². The Balaban J connectivity index is 4.72. The molecule has 0 N–H and O–H groups in total. The van der Waals surface area contributed by atoms with Crippen molar-refractivity contribution in [2.75, 3.05) is 13.2 Å². The summed E-state index contributed by atoms with van der Waals surface area (Å²) in [5.74, 6) is -1.17. The van der Waals surface area contributed by atoms with Crippen molar-refractivity contribution in [1.82, 2.24) is 0 Å². The van der Waals surface area contributed by atoms with E-state index in [1.165, 1.54) is 25.7 Å². The summed E-state index contributed by atoms with van der Waals surface area (Å²) in [6, 6.07) is 0. The maximum Gasteiger partial charge on any atom is 0.306 e. The summed E-state index contributed by atoms with van der Waals surface area (Å²) in [4.78, 5) is 38.1. The number of carbonyl (C=O) groups excluding carboxylic acids is 3. The zero-order valence-electron chi connectivity index (χ0n) is 47.2. The van der Waals surface area contributed by atoms with Gasteiger partial charge in [-0.3, -0.25) is 14.4 Å². The van der Waals surface area contributed by atoms with Gasteiger partial charge < -0.3 is 14.2 Å². The first-order chi connectivity index (χ1) is 37.0. The van der Waals surface area contributed by atoms with E-state index >= 15 is 0 Å². The number of hydrogen-bond donors (Lipinski definition) is 0. The van der Waals surface area contributed by atoms with Crippen molar-refractivity contribution in [3.05, 3.63) is 194 Å². The average Bonchev–Trinajstić information content (AvgIpc) is 3.41. The van der Waals surface area contributed by atoms with Crippen LogP contribution in [0, 0.1) is 0 Å². The molecule has 0 bridgehead atoms. The second-order valence-electron chi connectivity index (χ2n) is 18.1. The Morgan fingerprint density at radius 1 is 0.280 bits per heavy atom. The Kier molecular flexibility index (Phi) is 56.1. The summed E-state index contributed by atoms with van der Waals surface area (Å²) in [5, 5.41) is 0. The monoisotopic (exact) mass is 1030 g/mol. The first kappa shape index (κ1) is 69.2. The molecule has 0 saturated carbocycles. The third kappa shape index (κ3) is 59.0. The lowest BCUT2D eigenvalue weighted by Crippen LogP contribution is -2.30. The van der Waals surface area contributed by atoms with Crippen LogP contribution in [0.25, 0.3) is 0 Å². The van der Waals surface area contributed by atoms with Crippen LogP contribution in [0.2, 0.25) is 0 Å². The molecular formula is C69H102O6. The molecule has 6 heteroatoms. The van der Waals surface area contributed by atoms with E-state index in [1.54, 1.807) is 0 Å². The van der Waals surface area contributed by atoms with Gasteiger partial charge in [-0.25, -0.2) is 0 Å². The molecule has 0 fully saturated rings. The van der Waals surface area contributed by atoms with Crippen molar-refractivity contribution in [3.8, 4) is 0 Å². The van der Waals surface area contributed by atoms with E-state index in [1.807, 2.05) is 24.3 Å². The number of ether oxygens (including phenoxy) is 3. The Hall–Kier alpha value is -5.75. The van der Waals surface area contributed by atoms with Gasteiger partial charge in [0.05, 0.1) is 0 Å². The zero-order chi connectivity index (χ0) is 54.3. The molecule has 0 aromatic rings. The fourth-order valence-corrected chi connectivity index (χ4v) is 6.83. The lowest BCUT2D eigenvalue weighted by atomic mass is 10.1. The maximum absolute atomic E-state index is 12.9. The van der Waals surface area contributed by atoms with E-state index in [4.69, 9.17) is 14.2 Å². The van der Waals surface area contributed by atoms with E-state index < -0.39 is 18.0 Å². The number of allylic oxidation sites excluding steroid dienone is 32. The van der Waals surface area contributed by atoms with E-state index in [0.717, 1.165) is 116 Å². The van der Waals surface area contributed by atoms with Crippen LogP contribution in [0.15, 0.2) is 194 Å². The maximum atomic E-state index is 12.9. The van der Waals surface area contributed by atoms with Crippen LogP contribution in [0.1, 0.15) is 201 Å². The van der Waals surface area contributed by atoms with Crippen molar-refractivity contribution in [2.45, 2.75) is 207 Å². The fraction of sp³-hybridized carbons (Fsp3) is 0.493. The number of rotatable bonds is 49. The highest BCUT2D eigenvalue weighted by Gasteiger charge is 2.19. The number of esters is 3. The molecule has 0 heterocycles. The third-order valence-corrected chi connectivity index (χ3v) is 11.1.